The number of amides is 1. The van der Waals surface area contributed by atoms with Gasteiger partial charge < -0.3 is 16.9 Å². The van der Waals surface area contributed by atoms with Crippen LogP contribution in [-0.2, 0) is 10.2 Å². The second-order valence-corrected chi connectivity index (χ2v) is 6.06. The monoisotopic (exact) mass is 291 g/mol. The van der Waals surface area contributed by atoms with Crippen molar-refractivity contribution in [2.45, 2.75) is 31.1 Å². The van der Waals surface area contributed by atoms with E-state index in [2.05, 4.69) is 10.4 Å². The summed E-state index contributed by atoms with van der Waals surface area (Å²) in [6.07, 6.45) is 5.13. The average molecular weight is 291 g/mol. The topological polar surface area (TPSA) is 97.3 Å². The lowest BCUT2D eigenvalue weighted by Gasteiger charge is -2.38. The maximum Gasteiger partial charge on any atom is 0.228 e. The quantitative estimate of drug-likeness (QED) is 0.699. The van der Waals surface area contributed by atoms with Crippen molar-refractivity contribution in [2.75, 3.05) is 26.1 Å². The Hall–Kier alpha value is -1.66. The smallest absolute Gasteiger partial charge is 0.228 e. The van der Waals surface area contributed by atoms with E-state index in [0.717, 1.165) is 37.1 Å². The number of anilines is 1. The van der Waals surface area contributed by atoms with Crippen LogP contribution in [0.25, 0.3) is 0 Å². The molecular weight excluding hydrogens is 266 g/mol. The van der Waals surface area contributed by atoms with Gasteiger partial charge in [0.2, 0.25) is 5.91 Å². The number of hydrogen-bond acceptors (Lipinski definition) is 5. The lowest BCUT2D eigenvalue weighted by molar-refractivity contribution is -0.125. The summed E-state index contributed by atoms with van der Waals surface area (Å²) in [6, 6.07) is 3.82. The van der Waals surface area contributed by atoms with Gasteiger partial charge in [0, 0.05) is 20.3 Å². The number of nitrogens with two attached hydrogens (primary N) is 2. The van der Waals surface area contributed by atoms with Crippen LogP contribution in [0.3, 0.4) is 0 Å². The van der Waals surface area contributed by atoms with Crippen LogP contribution in [0, 0.1) is 5.92 Å². The van der Waals surface area contributed by atoms with E-state index >= 15 is 0 Å². The minimum absolute atomic E-state index is 0.250. The van der Waals surface area contributed by atoms with Crippen LogP contribution in [0.4, 0.5) is 5.82 Å². The highest BCUT2D eigenvalue weighted by molar-refractivity contribution is 5.87. The fourth-order valence-electron chi connectivity index (χ4n) is 3.10. The number of rotatable bonds is 5. The zero-order valence-electron chi connectivity index (χ0n) is 12.8. The standard InChI is InChI=1S/C15H25N5O/c1-20(2)19-13-9-12(5-8-18-13)15(14(17)21)6-3-11(10-16)4-7-15/h5,8-9,11H,3-4,6-7,10,16H2,1-2H3,(H2,17,21)(H,18,19). The predicted octanol–water partition coefficient (Wildman–Crippen LogP) is 0.842. The van der Waals surface area contributed by atoms with E-state index in [0.29, 0.717) is 12.5 Å². The van der Waals surface area contributed by atoms with E-state index in [4.69, 9.17) is 11.5 Å². The summed E-state index contributed by atoms with van der Waals surface area (Å²) in [7, 11) is 3.79. The Morgan fingerprint density at radius 3 is 2.67 bits per heavy atom. The summed E-state index contributed by atoms with van der Waals surface area (Å²) in [5, 5.41) is 1.81. The van der Waals surface area contributed by atoms with Crippen molar-refractivity contribution < 1.29 is 4.79 Å². The van der Waals surface area contributed by atoms with Gasteiger partial charge in [-0.2, -0.15) is 0 Å². The summed E-state index contributed by atoms with van der Waals surface area (Å²) in [4.78, 5) is 16.4. The zero-order chi connectivity index (χ0) is 15.5. The van der Waals surface area contributed by atoms with Gasteiger partial charge in [0.15, 0.2) is 0 Å². The van der Waals surface area contributed by atoms with Gasteiger partial charge in [0.25, 0.3) is 0 Å². The van der Waals surface area contributed by atoms with Crippen molar-refractivity contribution in [1.29, 1.82) is 0 Å². The molecule has 1 aliphatic rings. The highest BCUT2D eigenvalue weighted by atomic mass is 16.1. The Bertz CT molecular complexity index is 495. The number of primary amides is 1. The van der Waals surface area contributed by atoms with E-state index in [9.17, 15) is 4.79 Å². The summed E-state index contributed by atoms with van der Waals surface area (Å²) < 4.78 is 0. The molecule has 0 aromatic carbocycles. The molecule has 0 saturated heterocycles. The molecule has 0 radical (unpaired) electrons. The van der Waals surface area contributed by atoms with E-state index in [-0.39, 0.29) is 5.91 Å². The molecule has 1 saturated carbocycles. The molecular formula is C15H25N5O. The van der Waals surface area contributed by atoms with Crippen molar-refractivity contribution in [3.05, 3.63) is 23.9 Å². The first-order valence-corrected chi connectivity index (χ1v) is 7.38. The van der Waals surface area contributed by atoms with Gasteiger partial charge in [-0.3, -0.25) is 4.79 Å². The Balaban J connectivity index is 2.29. The van der Waals surface area contributed by atoms with Gasteiger partial charge in [0.05, 0.1) is 5.41 Å². The Morgan fingerprint density at radius 1 is 1.48 bits per heavy atom. The highest BCUT2D eigenvalue weighted by Crippen LogP contribution is 2.41. The lowest BCUT2D eigenvalue weighted by Crippen LogP contribution is -2.45. The van der Waals surface area contributed by atoms with Crippen LogP contribution in [-0.4, -0.2) is 36.5 Å². The van der Waals surface area contributed by atoms with E-state index in [1.54, 1.807) is 6.20 Å². The van der Waals surface area contributed by atoms with Crippen LogP contribution in [0.5, 0.6) is 0 Å². The fourth-order valence-corrected chi connectivity index (χ4v) is 3.10. The first kappa shape index (κ1) is 15.7. The van der Waals surface area contributed by atoms with Gasteiger partial charge in [-0.1, -0.05) is 0 Å². The third kappa shape index (κ3) is 3.33. The largest absolute Gasteiger partial charge is 0.369 e. The lowest BCUT2D eigenvalue weighted by atomic mass is 9.66. The van der Waals surface area contributed by atoms with Crippen molar-refractivity contribution in [3.63, 3.8) is 0 Å². The maximum absolute atomic E-state index is 12.1. The molecule has 116 valence electrons. The second kappa shape index (κ2) is 6.41. The van der Waals surface area contributed by atoms with Gasteiger partial charge in [-0.05, 0) is 55.8 Å². The molecule has 1 heterocycles. The number of carbonyl (C=O) groups is 1. The minimum Gasteiger partial charge on any atom is -0.369 e. The van der Waals surface area contributed by atoms with Crippen LogP contribution >= 0.6 is 0 Å². The van der Waals surface area contributed by atoms with E-state index < -0.39 is 5.41 Å². The maximum atomic E-state index is 12.1. The van der Waals surface area contributed by atoms with Crippen molar-refractivity contribution in [1.82, 2.24) is 9.99 Å². The number of carbonyl (C=O) groups excluding carboxylic acids is 1. The summed E-state index contributed by atoms with van der Waals surface area (Å²) >= 11 is 0. The van der Waals surface area contributed by atoms with Crippen molar-refractivity contribution >= 4 is 11.7 Å². The third-order valence-corrected chi connectivity index (χ3v) is 4.41. The SMILES string of the molecule is CN(C)Nc1cc(C2(C(N)=O)CCC(CN)CC2)ccn1. The predicted molar refractivity (Wildman–Crippen MR) is 83.4 cm³/mol. The summed E-state index contributed by atoms with van der Waals surface area (Å²) in [5.41, 5.74) is 15.0. The molecule has 0 bridgehead atoms. The molecule has 0 aliphatic heterocycles. The van der Waals surface area contributed by atoms with Gasteiger partial charge in [-0.15, -0.1) is 0 Å². The molecule has 0 atom stereocenters. The number of pyridine rings is 1. The Kier molecular flexibility index (Phi) is 4.80. The van der Waals surface area contributed by atoms with E-state index in [1.807, 2.05) is 31.2 Å². The van der Waals surface area contributed by atoms with Gasteiger partial charge in [-0.25, -0.2) is 9.99 Å². The Morgan fingerprint density at radius 2 is 2.14 bits per heavy atom. The fraction of sp³-hybridized carbons (Fsp3) is 0.600. The van der Waals surface area contributed by atoms with Crippen LogP contribution in [0.2, 0.25) is 0 Å². The molecule has 1 aliphatic carbocycles. The molecule has 6 heteroatoms. The van der Waals surface area contributed by atoms with E-state index in [1.165, 1.54) is 0 Å². The summed E-state index contributed by atoms with van der Waals surface area (Å²) in [5.74, 6) is 0.970. The minimum atomic E-state index is -0.586. The molecule has 0 spiro atoms. The van der Waals surface area contributed by atoms with Gasteiger partial charge >= 0.3 is 0 Å². The number of nitrogens with one attached hydrogen (secondary N) is 1. The van der Waals surface area contributed by atoms with Crippen LogP contribution in [0.1, 0.15) is 31.2 Å². The van der Waals surface area contributed by atoms with Crippen LogP contribution < -0.4 is 16.9 Å². The molecule has 1 aromatic rings. The molecule has 2 rings (SSSR count). The molecule has 1 amide bonds. The molecule has 1 fully saturated rings. The number of nitrogens with zero attached hydrogens (tertiary/aromatic N) is 2. The zero-order valence-corrected chi connectivity index (χ0v) is 12.8. The number of aromatic nitrogens is 1. The third-order valence-electron chi connectivity index (χ3n) is 4.41. The van der Waals surface area contributed by atoms with Crippen molar-refractivity contribution in [3.8, 4) is 0 Å². The second-order valence-electron chi connectivity index (χ2n) is 6.06. The number of hydrogen-bond donors (Lipinski definition) is 3. The normalized spacial score (nSPS) is 25.8. The molecule has 1 aromatic heterocycles. The average Bonchev–Trinajstić information content (AvgIpc) is 2.46. The van der Waals surface area contributed by atoms with Gasteiger partial charge in [0.1, 0.15) is 5.82 Å². The number of hydrazine groups is 1. The first-order valence-electron chi connectivity index (χ1n) is 7.38. The first-order chi connectivity index (χ1) is 9.98. The molecule has 5 N–H and O–H groups in total. The molecule has 6 nitrogen and oxygen atoms in total. The highest BCUT2D eigenvalue weighted by Gasteiger charge is 2.41. The van der Waals surface area contributed by atoms with Crippen LogP contribution in [0.15, 0.2) is 18.3 Å². The van der Waals surface area contributed by atoms with Crippen molar-refractivity contribution in [2.24, 2.45) is 17.4 Å². The Labute approximate surface area is 125 Å². The molecule has 21 heavy (non-hydrogen) atoms. The molecule has 0 unspecified atom stereocenters. The summed E-state index contributed by atoms with van der Waals surface area (Å²) in [6.45, 7) is 0.679.